The van der Waals surface area contributed by atoms with Crippen molar-refractivity contribution in [2.24, 2.45) is 5.73 Å². The molecule has 0 unspecified atom stereocenters. The Morgan fingerprint density at radius 1 is 1.10 bits per heavy atom. The van der Waals surface area contributed by atoms with E-state index >= 15 is 0 Å². The highest BCUT2D eigenvalue weighted by atomic mass is 16.6. The number of primary amides is 1. The third-order valence-corrected chi connectivity index (χ3v) is 4.84. The summed E-state index contributed by atoms with van der Waals surface area (Å²) in [5, 5.41) is 11.2. The molecular formula is C21H19N3O7. The van der Waals surface area contributed by atoms with Crippen LogP contribution in [0.2, 0.25) is 0 Å². The molecule has 2 aromatic carbocycles. The normalized spacial score (nSPS) is 12.6. The van der Waals surface area contributed by atoms with E-state index in [1.165, 1.54) is 12.1 Å². The number of carbonyl (C=O) groups is 4. The number of aryl methyl sites for hydroxylation is 1. The summed E-state index contributed by atoms with van der Waals surface area (Å²) >= 11 is 0. The molecule has 3 rings (SSSR count). The number of rotatable bonds is 8. The number of nitro benzene ring substituents is 1. The number of amides is 3. The Labute approximate surface area is 176 Å². The summed E-state index contributed by atoms with van der Waals surface area (Å²) in [6.45, 7) is 1.51. The molecule has 1 aliphatic rings. The highest BCUT2D eigenvalue weighted by molar-refractivity contribution is 6.21. The molecule has 1 heterocycles. The fourth-order valence-corrected chi connectivity index (χ4v) is 3.23. The van der Waals surface area contributed by atoms with Gasteiger partial charge < -0.3 is 10.5 Å². The van der Waals surface area contributed by atoms with Crippen LogP contribution in [0.1, 0.15) is 55.0 Å². The molecule has 0 saturated carbocycles. The van der Waals surface area contributed by atoms with Crippen LogP contribution in [-0.4, -0.2) is 40.1 Å². The largest absolute Gasteiger partial charge is 0.461 e. The molecule has 1 aliphatic heterocycles. The van der Waals surface area contributed by atoms with Gasteiger partial charge in [-0.15, -0.1) is 0 Å². The first-order chi connectivity index (χ1) is 14.7. The molecular weight excluding hydrogens is 406 g/mol. The van der Waals surface area contributed by atoms with E-state index in [0.29, 0.717) is 11.1 Å². The molecule has 10 nitrogen and oxygen atoms in total. The Morgan fingerprint density at radius 3 is 2.48 bits per heavy atom. The second kappa shape index (κ2) is 8.74. The van der Waals surface area contributed by atoms with E-state index in [4.69, 9.17) is 10.5 Å². The molecule has 0 radical (unpaired) electrons. The van der Waals surface area contributed by atoms with Gasteiger partial charge in [-0.1, -0.05) is 11.6 Å². The topological polar surface area (TPSA) is 150 Å². The lowest BCUT2D eigenvalue weighted by molar-refractivity contribution is -0.385. The average molecular weight is 425 g/mol. The Hall–Kier alpha value is -4.08. The van der Waals surface area contributed by atoms with Crippen molar-refractivity contribution < 1.29 is 28.8 Å². The summed E-state index contributed by atoms with van der Waals surface area (Å²) < 4.78 is 5.07. The van der Waals surface area contributed by atoms with E-state index in [-0.39, 0.29) is 42.8 Å². The van der Waals surface area contributed by atoms with Crippen LogP contribution < -0.4 is 5.73 Å². The zero-order valence-electron chi connectivity index (χ0n) is 16.6. The van der Waals surface area contributed by atoms with Crippen molar-refractivity contribution in [2.45, 2.75) is 26.4 Å². The van der Waals surface area contributed by atoms with Crippen LogP contribution >= 0.6 is 0 Å². The average Bonchev–Trinajstić information content (AvgIpc) is 2.96. The maximum atomic E-state index is 12.4. The quantitative estimate of drug-likeness (QED) is 0.294. The molecule has 0 saturated heterocycles. The van der Waals surface area contributed by atoms with Gasteiger partial charge in [0, 0.05) is 24.6 Å². The molecule has 2 N–H and O–H groups in total. The highest BCUT2D eigenvalue weighted by Crippen LogP contribution is 2.24. The van der Waals surface area contributed by atoms with Crippen LogP contribution in [0.15, 0.2) is 36.4 Å². The first kappa shape index (κ1) is 21.6. The summed E-state index contributed by atoms with van der Waals surface area (Å²) in [5.41, 5.74) is 6.36. The van der Waals surface area contributed by atoms with Crippen LogP contribution in [-0.2, 0) is 16.1 Å². The summed E-state index contributed by atoms with van der Waals surface area (Å²) in [6, 6.07) is 8.64. The van der Waals surface area contributed by atoms with Gasteiger partial charge in [0.1, 0.15) is 6.61 Å². The van der Waals surface area contributed by atoms with Gasteiger partial charge in [0.15, 0.2) is 0 Å². The van der Waals surface area contributed by atoms with E-state index in [0.717, 1.165) is 16.5 Å². The molecule has 3 amide bonds. The van der Waals surface area contributed by atoms with E-state index in [2.05, 4.69) is 0 Å². The first-order valence-electron chi connectivity index (χ1n) is 9.38. The molecule has 2 aromatic rings. The van der Waals surface area contributed by atoms with Crippen LogP contribution in [0, 0.1) is 17.0 Å². The van der Waals surface area contributed by atoms with E-state index < -0.39 is 28.6 Å². The minimum atomic E-state index is -0.810. The predicted molar refractivity (Wildman–Crippen MR) is 107 cm³/mol. The Balaban J connectivity index is 1.54. The van der Waals surface area contributed by atoms with Gasteiger partial charge in [0.25, 0.3) is 17.5 Å². The third-order valence-electron chi connectivity index (χ3n) is 4.84. The van der Waals surface area contributed by atoms with Gasteiger partial charge in [-0.2, -0.15) is 0 Å². The molecule has 10 heteroatoms. The zero-order valence-corrected chi connectivity index (χ0v) is 16.6. The summed E-state index contributed by atoms with van der Waals surface area (Å²) in [5.74, 6) is -2.25. The minimum absolute atomic E-state index is 0.0297. The summed E-state index contributed by atoms with van der Waals surface area (Å²) in [4.78, 5) is 59.6. The molecule has 0 spiro atoms. The van der Waals surface area contributed by atoms with Gasteiger partial charge in [-0.25, -0.2) is 0 Å². The van der Waals surface area contributed by atoms with Gasteiger partial charge in [-0.05, 0) is 37.6 Å². The first-order valence-corrected chi connectivity index (χ1v) is 9.38. The molecule has 0 bridgehead atoms. The molecule has 0 atom stereocenters. The molecule has 160 valence electrons. The van der Waals surface area contributed by atoms with Crippen molar-refractivity contribution >= 4 is 29.4 Å². The number of nitrogens with zero attached hydrogens (tertiary/aromatic N) is 2. The van der Waals surface area contributed by atoms with Gasteiger partial charge in [0.2, 0.25) is 5.91 Å². The van der Waals surface area contributed by atoms with Crippen molar-refractivity contribution in [2.75, 3.05) is 6.54 Å². The lowest BCUT2D eigenvalue weighted by Crippen LogP contribution is -2.31. The number of imide groups is 1. The number of nitrogens with two attached hydrogens (primary N) is 1. The predicted octanol–water partition coefficient (Wildman–Crippen LogP) is 2.12. The lowest BCUT2D eigenvalue weighted by Gasteiger charge is -2.13. The van der Waals surface area contributed by atoms with E-state index in [9.17, 15) is 29.3 Å². The summed E-state index contributed by atoms with van der Waals surface area (Å²) in [6.07, 6.45) is 0.103. The maximum Gasteiger partial charge on any atom is 0.306 e. The SMILES string of the molecule is Cc1ccc2c(c1)C(=O)N(CCCC(=O)OCc1ccc(C(N)=O)cc1[N+](=O)[O-])C2=O. The lowest BCUT2D eigenvalue weighted by atomic mass is 10.1. The van der Waals surface area contributed by atoms with Gasteiger partial charge >= 0.3 is 5.97 Å². The van der Waals surface area contributed by atoms with Crippen molar-refractivity contribution in [3.63, 3.8) is 0 Å². The standard InChI is InChI=1S/C21H19N3O7/c1-12-4-7-15-16(9-12)21(28)23(20(15)27)8-2-3-18(25)31-11-14-6-5-13(19(22)26)10-17(14)24(29)30/h4-7,9-10H,2-3,8,11H2,1H3,(H2,22,26). The molecule has 31 heavy (non-hydrogen) atoms. The number of hydrogen-bond donors (Lipinski definition) is 1. The monoisotopic (exact) mass is 425 g/mol. The number of nitro groups is 1. The number of carbonyl (C=O) groups excluding carboxylic acids is 4. The number of esters is 1. The maximum absolute atomic E-state index is 12.4. The Bertz CT molecular complexity index is 1110. The van der Waals surface area contributed by atoms with E-state index in [1.807, 2.05) is 6.92 Å². The summed E-state index contributed by atoms with van der Waals surface area (Å²) in [7, 11) is 0. The number of benzene rings is 2. The molecule has 0 aromatic heterocycles. The van der Waals surface area contributed by atoms with Crippen molar-refractivity contribution in [3.8, 4) is 0 Å². The second-order valence-electron chi connectivity index (χ2n) is 7.04. The van der Waals surface area contributed by atoms with Gasteiger partial charge in [0.05, 0.1) is 21.6 Å². The van der Waals surface area contributed by atoms with Crippen LogP contribution in [0.25, 0.3) is 0 Å². The van der Waals surface area contributed by atoms with E-state index in [1.54, 1.807) is 18.2 Å². The molecule has 0 aliphatic carbocycles. The Morgan fingerprint density at radius 2 is 1.81 bits per heavy atom. The number of fused-ring (bicyclic) bond motifs is 1. The zero-order chi connectivity index (χ0) is 22.7. The Kier molecular flexibility index (Phi) is 6.10. The molecule has 0 fully saturated rings. The van der Waals surface area contributed by atoms with Gasteiger partial charge in [-0.3, -0.25) is 34.2 Å². The van der Waals surface area contributed by atoms with Crippen LogP contribution in [0.4, 0.5) is 5.69 Å². The number of hydrogen-bond acceptors (Lipinski definition) is 7. The second-order valence-corrected chi connectivity index (χ2v) is 7.04. The fraction of sp³-hybridized carbons (Fsp3) is 0.238. The highest BCUT2D eigenvalue weighted by Gasteiger charge is 2.35. The smallest absolute Gasteiger partial charge is 0.306 e. The van der Waals surface area contributed by atoms with Crippen molar-refractivity contribution in [1.82, 2.24) is 4.90 Å². The minimum Gasteiger partial charge on any atom is -0.461 e. The van der Waals surface area contributed by atoms with Crippen LogP contribution in [0.5, 0.6) is 0 Å². The van der Waals surface area contributed by atoms with Crippen molar-refractivity contribution in [3.05, 3.63) is 74.3 Å². The van der Waals surface area contributed by atoms with Crippen LogP contribution in [0.3, 0.4) is 0 Å². The van der Waals surface area contributed by atoms with Crippen molar-refractivity contribution in [1.29, 1.82) is 0 Å². The third kappa shape index (κ3) is 4.58. The fourth-order valence-electron chi connectivity index (χ4n) is 3.23. The number of ether oxygens (including phenoxy) is 1.